The number of hydrogen-bond acceptors (Lipinski definition) is 9. The van der Waals surface area contributed by atoms with Crippen LogP contribution in [0, 0.1) is 0 Å². The second kappa shape index (κ2) is 37.5. The highest BCUT2D eigenvalue weighted by molar-refractivity contribution is 5.69. The molecule has 1 rings (SSSR count). The fraction of sp³-hybridized carbons (Fsp3) is 0.933. The molecule has 6 atom stereocenters. The molecule has 0 bridgehead atoms. The van der Waals surface area contributed by atoms with Crippen molar-refractivity contribution in [3.05, 3.63) is 12.2 Å². The van der Waals surface area contributed by atoms with Crippen molar-refractivity contribution < 1.29 is 44.2 Å². The molecular weight excluding hydrogens is 684 g/mol. The Kier molecular flexibility index (Phi) is 35.4. The van der Waals surface area contributed by atoms with Gasteiger partial charge in [-0.3, -0.25) is 4.79 Å². The molecule has 1 fully saturated rings. The molecule has 1 aliphatic heterocycles. The van der Waals surface area contributed by atoms with Gasteiger partial charge in [-0.15, -0.1) is 0 Å². The van der Waals surface area contributed by atoms with Gasteiger partial charge in [0.05, 0.1) is 19.8 Å². The summed E-state index contributed by atoms with van der Waals surface area (Å²) in [5, 5.41) is 40.1. The number of carbonyl (C=O) groups excluding carboxylic acids is 1. The third kappa shape index (κ3) is 28.3. The van der Waals surface area contributed by atoms with Gasteiger partial charge in [0.2, 0.25) is 0 Å². The quantitative estimate of drug-likeness (QED) is 0.0274. The number of carbonyl (C=O) groups is 1. The zero-order valence-electron chi connectivity index (χ0n) is 35.0. The lowest BCUT2D eigenvalue weighted by Crippen LogP contribution is -2.59. The molecular formula is C45H86O9. The van der Waals surface area contributed by atoms with Crippen molar-refractivity contribution in [1.29, 1.82) is 0 Å². The summed E-state index contributed by atoms with van der Waals surface area (Å²) in [6.07, 6.45) is 33.8. The van der Waals surface area contributed by atoms with Crippen LogP contribution in [0.25, 0.3) is 0 Å². The fourth-order valence-corrected chi connectivity index (χ4v) is 7.08. The van der Waals surface area contributed by atoms with Crippen LogP contribution in [0.15, 0.2) is 12.2 Å². The summed E-state index contributed by atoms with van der Waals surface area (Å²) in [4.78, 5) is 12.7. The van der Waals surface area contributed by atoms with Crippen LogP contribution in [-0.4, -0.2) is 89.6 Å². The third-order valence-electron chi connectivity index (χ3n) is 10.7. The number of hydrogen-bond donors (Lipinski definition) is 4. The molecule has 4 N–H and O–H groups in total. The predicted molar refractivity (Wildman–Crippen MR) is 219 cm³/mol. The van der Waals surface area contributed by atoms with E-state index in [9.17, 15) is 25.2 Å². The molecule has 0 radical (unpaired) electrons. The van der Waals surface area contributed by atoms with Gasteiger partial charge in [-0.25, -0.2) is 0 Å². The van der Waals surface area contributed by atoms with Crippen molar-refractivity contribution in [3.8, 4) is 0 Å². The maximum Gasteiger partial charge on any atom is 0.306 e. The Morgan fingerprint density at radius 1 is 0.574 bits per heavy atom. The maximum atomic E-state index is 12.7. The maximum absolute atomic E-state index is 12.7. The first-order valence-corrected chi connectivity index (χ1v) is 22.8. The number of unbranched alkanes of at least 4 members (excludes halogenated alkanes) is 26. The first-order valence-electron chi connectivity index (χ1n) is 22.8. The summed E-state index contributed by atoms with van der Waals surface area (Å²) in [6, 6.07) is 0. The Morgan fingerprint density at radius 2 is 1.02 bits per heavy atom. The molecule has 320 valence electrons. The van der Waals surface area contributed by atoms with Crippen molar-refractivity contribution in [2.75, 3.05) is 26.4 Å². The summed E-state index contributed by atoms with van der Waals surface area (Å²) in [6.45, 7) is 4.57. The van der Waals surface area contributed by atoms with E-state index < -0.39 is 43.4 Å². The lowest BCUT2D eigenvalue weighted by Gasteiger charge is -2.39. The van der Waals surface area contributed by atoms with Gasteiger partial charge in [0.15, 0.2) is 6.29 Å². The van der Waals surface area contributed by atoms with Gasteiger partial charge >= 0.3 is 5.97 Å². The largest absolute Gasteiger partial charge is 0.457 e. The van der Waals surface area contributed by atoms with Crippen LogP contribution >= 0.6 is 0 Å². The predicted octanol–water partition coefficient (Wildman–Crippen LogP) is 10.0. The number of ether oxygens (including phenoxy) is 4. The molecule has 1 aliphatic rings. The monoisotopic (exact) mass is 771 g/mol. The van der Waals surface area contributed by atoms with Crippen molar-refractivity contribution in [1.82, 2.24) is 0 Å². The van der Waals surface area contributed by atoms with Crippen LogP contribution in [0.2, 0.25) is 0 Å². The van der Waals surface area contributed by atoms with Gasteiger partial charge in [-0.2, -0.15) is 0 Å². The van der Waals surface area contributed by atoms with E-state index in [1.807, 2.05) is 0 Å². The Labute approximate surface area is 331 Å². The molecule has 54 heavy (non-hydrogen) atoms. The van der Waals surface area contributed by atoms with Crippen molar-refractivity contribution in [3.63, 3.8) is 0 Å². The molecule has 0 amide bonds. The van der Waals surface area contributed by atoms with Crippen LogP contribution < -0.4 is 0 Å². The van der Waals surface area contributed by atoms with Crippen LogP contribution in [-0.2, 0) is 23.7 Å². The van der Waals surface area contributed by atoms with Crippen LogP contribution in [0.1, 0.15) is 206 Å². The highest BCUT2D eigenvalue weighted by Gasteiger charge is 2.44. The summed E-state index contributed by atoms with van der Waals surface area (Å²) in [5.74, 6) is -0.312. The summed E-state index contributed by atoms with van der Waals surface area (Å²) in [5.41, 5.74) is 0. The molecule has 0 aromatic carbocycles. The third-order valence-corrected chi connectivity index (χ3v) is 10.7. The smallest absolute Gasteiger partial charge is 0.306 e. The Morgan fingerprint density at radius 3 is 1.50 bits per heavy atom. The topological polar surface area (TPSA) is 135 Å². The second-order valence-electron chi connectivity index (χ2n) is 15.9. The van der Waals surface area contributed by atoms with Gasteiger partial charge in [0.1, 0.15) is 30.5 Å². The highest BCUT2D eigenvalue weighted by atomic mass is 16.7. The minimum atomic E-state index is -1.53. The van der Waals surface area contributed by atoms with Crippen LogP contribution in [0.4, 0.5) is 0 Å². The van der Waals surface area contributed by atoms with Gasteiger partial charge in [-0.05, 0) is 38.5 Å². The molecule has 0 aromatic heterocycles. The molecule has 0 aromatic rings. The van der Waals surface area contributed by atoms with Crippen LogP contribution in [0.5, 0.6) is 0 Å². The van der Waals surface area contributed by atoms with E-state index in [-0.39, 0.29) is 19.2 Å². The lowest BCUT2D eigenvalue weighted by molar-refractivity contribution is -0.305. The van der Waals surface area contributed by atoms with E-state index in [1.54, 1.807) is 0 Å². The number of aliphatic hydroxyl groups excluding tert-OH is 4. The van der Waals surface area contributed by atoms with E-state index >= 15 is 0 Å². The minimum absolute atomic E-state index is 0.109. The molecule has 1 heterocycles. The average molecular weight is 771 g/mol. The molecule has 1 saturated heterocycles. The van der Waals surface area contributed by atoms with E-state index in [0.29, 0.717) is 13.0 Å². The van der Waals surface area contributed by atoms with Crippen molar-refractivity contribution in [2.24, 2.45) is 0 Å². The number of rotatable bonds is 39. The number of esters is 1. The van der Waals surface area contributed by atoms with E-state index in [1.165, 1.54) is 154 Å². The molecule has 0 spiro atoms. The Bertz CT molecular complexity index is 838. The first-order chi connectivity index (χ1) is 26.4. The zero-order chi connectivity index (χ0) is 39.3. The molecule has 9 nitrogen and oxygen atoms in total. The second-order valence-corrected chi connectivity index (χ2v) is 15.9. The van der Waals surface area contributed by atoms with E-state index in [2.05, 4.69) is 26.0 Å². The van der Waals surface area contributed by atoms with E-state index in [4.69, 9.17) is 18.9 Å². The lowest BCUT2D eigenvalue weighted by atomic mass is 9.99. The van der Waals surface area contributed by atoms with Gasteiger partial charge in [0, 0.05) is 13.0 Å². The summed E-state index contributed by atoms with van der Waals surface area (Å²) >= 11 is 0. The van der Waals surface area contributed by atoms with E-state index in [0.717, 1.165) is 32.1 Å². The highest BCUT2D eigenvalue weighted by Crippen LogP contribution is 2.23. The fourth-order valence-electron chi connectivity index (χ4n) is 7.08. The number of allylic oxidation sites excluding steroid dienone is 2. The molecule has 9 heteroatoms. The van der Waals surface area contributed by atoms with Crippen molar-refractivity contribution >= 4 is 5.97 Å². The molecule has 0 aliphatic carbocycles. The van der Waals surface area contributed by atoms with Crippen LogP contribution in [0.3, 0.4) is 0 Å². The molecule has 6 unspecified atom stereocenters. The Hall–Kier alpha value is -1.07. The molecule has 0 saturated carbocycles. The summed E-state index contributed by atoms with van der Waals surface area (Å²) in [7, 11) is 0. The zero-order valence-corrected chi connectivity index (χ0v) is 35.0. The standard InChI is InChI=1S/C45H86O9/c1-3-5-7-9-11-13-15-17-18-19-20-21-23-25-27-29-31-33-35-51-37-39(38-52-45-44(50)43(49)42(48)40(36-46)54-45)53-41(47)34-32-30-28-26-24-22-16-14-12-10-8-6-4-2/h17-18,39-40,42-46,48-50H,3-16,19-38H2,1-2H3/b18-17-. The van der Waals surface area contributed by atoms with Gasteiger partial charge in [0.25, 0.3) is 0 Å². The number of aliphatic hydroxyl groups is 4. The van der Waals surface area contributed by atoms with Gasteiger partial charge in [-0.1, -0.05) is 174 Å². The average Bonchev–Trinajstić information content (AvgIpc) is 3.17. The minimum Gasteiger partial charge on any atom is -0.457 e. The SMILES string of the molecule is CCCCCCCC/C=C\CCCCCCCCCCOCC(COC1OC(CO)C(O)C(O)C1O)OC(=O)CCCCCCCCCCCCCCC. The Balaban J connectivity index is 2.24. The van der Waals surface area contributed by atoms with Gasteiger partial charge < -0.3 is 39.4 Å². The summed E-state index contributed by atoms with van der Waals surface area (Å²) < 4.78 is 22.8. The normalized spacial score (nSPS) is 20.9. The first kappa shape index (κ1) is 50.9. The van der Waals surface area contributed by atoms with Crippen molar-refractivity contribution in [2.45, 2.75) is 243 Å².